The molecule has 1 amide bonds. The molecule has 0 unspecified atom stereocenters. The smallest absolute Gasteiger partial charge is 0.253 e. The zero-order valence-corrected chi connectivity index (χ0v) is 16.2. The normalized spacial score (nSPS) is 14.5. The minimum atomic E-state index is -3.61. The summed E-state index contributed by atoms with van der Waals surface area (Å²) < 4.78 is 27.8. The fourth-order valence-corrected chi connectivity index (χ4v) is 4.06. The lowest BCUT2D eigenvalue weighted by molar-refractivity contribution is 0.0755. The van der Waals surface area contributed by atoms with Gasteiger partial charge in [0.2, 0.25) is 10.0 Å². The van der Waals surface area contributed by atoms with Gasteiger partial charge in [-0.15, -0.1) is 0 Å². The maximum absolute atomic E-state index is 12.7. The van der Waals surface area contributed by atoms with Crippen LogP contribution in [0, 0.1) is 6.92 Å². The van der Waals surface area contributed by atoms with E-state index in [1.165, 1.54) is 6.07 Å². The highest BCUT2D eigenvalue weighted by molar-refractivity contribution is 7.89. The Kier molecular flexibility index (Phi) is 6.98. The fraction of sp³-hybridized carbons (Fsp3) is 0.611. The second-order valence-corrected chi connectivity index (χ2v) is 8.25. The summed E-state index contributed by atoms with van der Waals surface area (Å²) in [7, 11) is -3.61. The molecular formula is C18H29N3O3S. The van der Waals surface area contributed by atoms with Crippen molar-refractivity contribution in [3.63, 3.8) is 0 Å². The van der Waals surface area contributed by atoms with E-state index in [-0.39, 0.29) is 10.8 Å². The highest BCUT2D eigenvalue weighted by atomic mass is 32.2. The molecule has 0 saturated carbocycles. The van der Waals surface area contributed by atoms with Crippen LogP contribution < -0.4 is 4.72 Å². The van der Waals surface area contributed by atoms with Crippen LogP contribution in [0.15, 0.2) is 23.1 Å². The monoisotopic (exact) mass is 367 g/mol. The molecule has 1 saturated heterocycles. The molecule has 1 aliphatic heterocycles. The molecule has 1 fully saturated rings. The summed E-state index contributed by atoms with van der Waals surface area (Å²) in [5.74, 6) is -0.107. The van der Waals surface area contributed by atoms with Crippen molar-refractivity contribution in [2.75, 3.05) is 39.3 Å². The number of rotatable bonds is 10. The van der Waals surface area contributed by atoms with Gasteiger partial charge in [-0.3, -0.25) is 9.69 Å². The van der Waals surface area contributed by atoms with E-state index in [9.17, 15) is 13.2 Å². The van der Waals surface area contributed by atoms with Crippen molar-refractivity contribution in [1.29, 1.82) is 0 Å². The van der Waals surface area contributed by atoms with E-state index in [4.69, 9.17) is 0 Å². The predicted molar refractivity (Wildman–Crippen MR) is 99.3 cm³/mol. The first-order valence-corrected chi connectivity index (χ1v) is 10.5. The van der Waals surface area contributed by atoms with Crippen LogP contribution in [0.2, 0.25) is 0 Å². The van der Waals surface area contributed by atoms with Gasteiger partial charge >= 0.3 is 0 Å². The molecule has 0 atom stereocenters. The first kappa shape index (κ1) is 19.9. The Morgan fingerprint density at radius 2 is 1.84 bits per heavy atom. The maximum atomic E-state index is 12.7. The van der Waals surface area contributed by atoms with Crippen LogP contribution in [0.1, 0.15) is 42.6 Å². The summed E-state index contributed by atoms with van der Waals surface area (Å²) in [6.45, 7) is 10.3. The second-order valence-electron chi connectivity index (χ2n) is 6.51. The third-order valence-electron chi connectivity index (χ3n) is 4.26. The van der Waals surface area contributed by atoms with Crippen molar-refractivity contribution in [1.82, 2.24) is 14.5 Å². The number of nitrogens with zero attached hydrogens (tertiary/aromatic N) is 2. The van der Waals surface area contributed by atoms with E-state index in [2.05, 4.69) is 9.62 Å². The molecule has 0 aliphatic carbocycles. The SMILES string of the molecule is CCCN(CCC)C(=O)c1ccc(C)c(S(=O)(=O)NCCN2CC2)c1. The van der Waals surface area contributed by atoms with E-state index >= 15 is 0 Å². The van der Waals surface area contributed by atoms with Gasteiger partial charge in [-0.1, -0.05) is 19.9 Å². The Hall–Kier alpha value is -1.44. The number of carbonyl (C=O) groups excluding carboxylic acids is 1. The Labute approximate surface area is 151 Å². The van der Waals surface area contributed by atoms with E-state index in [0.717, 1.165) is 32.5 Å². The number of nitrogens with one attached hydrogen (secondary N) is 1. The topological polar surface area (TPSA) is 69.5 Å². The van der Waals surface area contributed by atoms with Crippen LogP contribution in [-0.2, 0) is 10.0 Å². The van der Waals surface area contributed by atoms with Crippen molar-refractivity contribution in [2.24, 2.45) is 0 Å². The number of benzene rings is 1. The molecule has 0 radical (unpaired) electrons. The van der Waals surface area contributed by atoms with Gasteiger partial charge in [-0.25, -0.2) is 13.1 Å². The first-order valence-electron chi connectivity index (χ1n) is 9.01. The summed E-state index contributed by atoms with van der Waals surface area (Å²) in [5, 5.41) is 0. The lowest BCUT2D eigenvalue weighted by Gasteiger charge is -2.22. The van der Waals surface area contributed by atoms with Gasteiger partial charge in [-0.2, -0.15) is 0 Å². The molecule has 2 rings (SSSR count). The minimum Gasteiger partial charge on any atom is -0.339 e. The molecule has 6 nitrogen and oxygen atoms in total. The van der Waals surface area contributed by atoms with Crippen LogP contribution in [-0.4, -0.2) is 63.4 Å². The average molecular weight is 368 g/mol. The van der Waals surface area contributed by atoms with Gasteiger partial charge in [0.05, 0.1) is 4.90 Å². The predicted octanol–water partition coefficient (Wildman–Crippen LogP) is 1.85. The fourth-order valence-electron chi connectivity index (χ4n) is 2.77. The molecule has 0 spiro atoms. The summed E-state index contributed by atoms with van der Waals surface area (Å²) in [6, 6.07) is 4.93. The number of sulfonamides is 1. The second kappa shape index (κ2) is 8.78. The molecule has 1 heterocycles. The highest BCUT2D eigenvalue weighted by Gasteiger charge is 2.22. The first-order chi connectivity index (χ1) is 11.9. The standard InChI is InChI=1S/C18H29N3O3S/c1-4-9-21(10-5-2)18(22)16-7-6-15(3)17(14-16)25(23,24)19-8-11-20-12-13-20/h6-7,14,19H,4-5,8-13H2,1-3H3. The summed E-state index contributed by atoms with van der Waals surface area (Å²) in [5.41, 5.74) is 1.08. The number of hydrogen-bond acceptors (Lipinski definition) is 4. The van der Waals surface area contributed by atoms with E-state index in [1.807, 2.05) is 13.8 Å². The number of carbonyl (C=O) groups is 1. The number of amides is 1. The lowest BCUT2D eigenvalue weighted by Crippen LogP contribution is -2.33. The van der Waals surface area contributed by atoms with Crippen molar-refractivity contribution in [3.8, 4) is 0 Å². The van der Waals surface area contributed by atoms with Gasteiger partial charge in [0.1, 0.15) is 0 Å². The van der Waals surface area contributed by atoms with E-state index < -0.39 is 10.0 Å². The summed E-state index contributed by atoms with van der Waals surface area (Å²) in [4.78, 5) is 16.9. The maximum Gasteiger partial charge on any atom is 0.253 e. The molecule has 1 aromatic rings. The molecule has 25 heavy (non-hydrogen) atoms. The van der Waals surface area contributed by atoms with E-state index in [1.54, 1.807) is 24.0 Å². The van der Waals surface area contributed by atoms with Gasteiger partial charge < -0.3 is 4.90 Å². The third-order valence-corrected chi connectivity index (χ3v) is 5.86. The van der Waals surface area contributed by atoms with Gasteiger partial charge in [-0.05, 0) is 37.5 Å². The average Bonchev–Trinajstić information content (AvgIpc) is 3.38. The zero-order chi connectivity index (χ0) is 18.4. The largest absolute Gasteiger partial charge is 0.339 e. The lowest BCUT2D eigenvalue weighted by atomic mass is 10.1. The van der Waals surface area contributed by atoms with Crippen LogP contribution in [0.3, 0.4) is 0 Å². The molecular weight excluding hydrogens is 338 g/mol. The molecule has 0 aromatic heterocycles. The van der Waals surface area contributed by atoms with Crippen molar-refractivity contribution >= 4 is 15.9 Å². The Balaban J connectivity index is 2.18. The summed E-state index contributed by atoms with van der Waals surface area (Å²) >= 11 is 0. The van der Waals surface area contributed by atoms with Gasteiger partial charge in [0.25, 0.3) is 5.91 Å². The van der Waals surface area contributed by atoms with Crippen LogP contribution in [0.4, 0.5) is 0 Å². The summed E-state index contributed by atoms with van der Waals surface area (Å²) in [6.07, 6.45) is 1.75. The van der Waals surface area contributed by atoms with E-state index in [0.29, 0.717) is 30.8 Å². The quantitative estimate of drug-likeness (QED) is 0.641. The Morgan fingerprint density at radius 1 is 1.20 bits per heavy atom. The number of aryl methyl sites for hydroxylation is 1. The van der Waals surface area contributed by atoms with Gasteiger partial charge in [0.15, 0.2) is 0 Å². The van der Waals surface area contributed by atoms with Crippen LogP contribution >= 0.6 is 0 Å². The molecule has 0 bridgehead atoms. The van der Waals surface area contributed by atoms with Crippen molar-refractivity contribution in [2.45, 2.75) is 38.5 Å². The molecule has 1 aromatic carbocycles. The van der Waals surface area contributed by atoms with Gasteiger partial charge in [0, 0.05) is 44.8 Å². The van der Waals surface area contributed by atoms with Crippen LogP contribution in [0.5, 0.6) is 0 Å². The van der Waals surface area contributed by atoms with Crippen LogP contribution in [0.25, 0.3) is 0 Å². The molecule has 1 aliphatic rings. The highest BCUT2D eigenvalue weighted by Crippen LogP contribution is 2.18. The molecule has 7 heteroatoms. The third kappa shape index (κ3) is 5.52. The molecule has 140 valence electrons. The zero-order valence-electron chi connectivity index (χ0n) is 15.4. The number of hydrogen-bond donors (Lipinski definition) is 1. The molecule has 1 N–H and O–H groups in total. The minimum absolute atomic E-state index is 0.107. The van der Waals surface area contributed by atoms with Crippen molar-refractivity contribution in [3.05, 3.63) is 29.3 Å². The van der Waals surface area contributed by atoms with Crippen molar-refractivity contribution < 1.29 is 13.2 Å². The Bertz CT molecular complexity index is 694. The Morgan fingerprint density at radius 3 is 2.40 bits per heavy atom.